The van der Waals surface area contributed by atoms with Crippen molar-refractivity contribution in [2.24, 2.45) is 7.05 Å². The van der Waals surface area contributed by atoms with E-state index >= 15 is 4.39 Å². The molecular formula is C36H37F2N5O4. The van der Waals surface area contributed by atoms with Crippen LogP contribution >= 0.6 is 0 Å². The van der Waals surface area contributed by atoms with Crippen molar-refractivity contribution in [1.29, 1.82) is 0 Å². The number of aliphatic hydroxyl groups is 1. The second kappa shape index (κ2) is 14.5. The number of benzene rings is 3. The summed E-state index contributed by atoms with van der Waals surface area (Å²) in [4.78, 5) is 41.5. The van der Waals surface area contributed by atoms with Crippen LogP contribution in [0.2, 0.25) is 0 Å². The van der Waals surface area contributed by atoms with Crippen LogP contribution in [0.15, 0.2) is 79.0 Å². The largest absolute Gasteiger partial charge is 0.390 e. The first-order valence-electron chi connectivity index (χ1n) is 15.4. The van der Waals surface area contributed by atoms with Crippen molar-refractivity contribution < 1.29 is 28.3 Å². The van der Waals surface area contributed by atoms with E-state index in [9.17, 15) is 23.9 Å². The highest BCUT2D eigenvalue weighted by Gasteiger charge is 2.27. The number of nitrogens with one attached hydrogen (secondary N) is 3. The van der Waals surface area contributed by atoms with Crippen LogP contribution in [-0.2, 0) is 18.3 Å². The highest BCUT2D eigenvalue weighted by molar-refractivity contribution is 6.32. The van der Waals surface area contributed by atoms with E-state index in [0.29, 0.717) is 40.3 Å². The van der Waals surface area contributed by atoms with Crippen molar-refractivity contribution in [3.8, 4) is 11.1 Å². The normalized spacial score (nSPS) is 13.9. The van der Waals surface area contributed by atoms with Crippen LogP contribution in [0.3, 0.4) is 0 Å². The number of hydrogen-bond donors (Lipinski definition) is 4. The zero-order valence-corrected chi connectivity index (χ0v) is 26.4. The molecular weight excluding hydrogens is 604 g/mol. The zero-order chi connectivity index (χ0) is 33.7. The lowest BCUT2D eigenvalue weighted by molar-refractivity contribution is -0.110. The van der Waals surface area contributed by atoms with Gasteiger partial charge in [0.2, 0.25) is 0 Å². The van der Waals surface area contributed by atoms with Crippen molar-refractivity contribution in [2.45, 2.75) is 26.4 Å². The van der Waals surface area contributed by atoms with Crippen molar-refractivity contribution in [3.63, 3.8) is 0 Å². The number of aliphatic hydroxyl groups excluding tert-OH is 1. The van der Waals surface area contributed by atoms with E-state index in [1.54, 1.807) is 54.2 Å². The summed E-state index contributed by atoms with van der Waals surface area (Å²) in [5.41, 5.74) is 3.26. The van der Waals surface area contributed by atoms with Gasteiger partial charge >= 0.3 is 0 Å². The number of amides is 3. The molecule has 0 radical (unpaired) electrons. The Hall–Kier alpha value is -5.13. The second-order valence-corrected chi connectivity index (χ2v) is 11.3. The van der Waals surface area contributed by atoms with Crippen molar-refractivity contribution in [2.75, 3.05) is 36.8 Å². The minimum atomic E-state index is -0.848. The topological polar surface area (TPSA) is 116 Å². The minimum Gasteiger partial charge on any atom is -0.390 e. The Labute approximate surface area is 271 Å². The molecule has 1 aliphatic rings. The number of anilines is 2. The molecule has 0 saturated heterocycles. The summed E-state index contributed by atoms with van der Waals surface area (Å²) in [7, 11) is 1.69. The average Bonchev–Trinajstić information content (AvgIpc) is 3.56. The van der Waals surface area contributed by atoms with E-state index in [1.165, 1.54) is 6.07 Å². The molecule has 1 aliphatic heterocycles. The molecule has 1 atom stereocenters. The van der Waals surface area contributed by atoms with E-state index in [1.807, 2.05) is 36.9 Å². The van der Waals surface area contributed by atoms with E-state index in [2.05, 4.69) is 16.0 Å². The van der Waals surface area contributed by atoms with Gasteiger partial charge in [-0.3, -0.25) is 14.4 Å². The maximum Gasteiger partial charge on any atom is 0.256 e. The predicted octanol–water partition coefficient (Wildman–Crippen LogP) is 5.23. The van der Waals surface area contributed by atoms with Gasteiger partial charge in [-0.25, -0.2) is 8.78 Å². The molecule has 4 aromatic rings. The number of carbonyl (C=O) groups excluding carboxylic acids is 3. The maximum absolute atomic E-state index is 15.2. The summed E-state index contributed by atoms with van der Waals surface area (Å²) in [6.07, 6.45) is 2.49. The first-order valence-corrected chi connectivity index (χ1v) is 15.4. The lowest BCUT2D eigenvalue weighted by Gasteiger charge is -2.22. The zero-order valence-electron chi connectivity index (χ0n) is 26.4. The Morgan fingerprint density at radius 3 is 2.45 bits per heavy atom. The summed E-state index contributed by atoms with van der Waals surface area (Å²) in [5.74, 6) is -2.85. The lowest BCUT2D eigenvalue weighted by Crippen LogP contribution is -2.40. The number of rotatable bonds is 12. The van der Waals surface area contributed by atoms with Crippen LogP contribution in [0.1, 0.15) is 45.8 Å². The predicted molar refractivity (Wildman–Crippen MR) is 178 cm³/mol. The summed E-state index contributed by atoms with van der Waals surface area (Å²) < 4.78 is 30.8. The highest BCUT2D eigenvalue weighted by Crippen LogP contribution is 2.36. The number of likely N-dealkylation sites (N-methyl/N-ethyl adjacent to an activating group) is 1. The number of hydrogen-bond acceptors (Lipinski definition) is 5. The van der Waals surface area contributed by atoms with Gasteiger partial charge in [-0.05, 0) is 55.6 Å². The summed E-state index contributed by atoms with van der Waals surface area (Å²) in [6.45, 7) is 5.81. The Balaban J connectivity index is 1.46. The van der Waals surface area contributed by atoms with Gasteiger partial charge in [0, 0.05) is 83.7 Å². The minimum absolute atomic E-state index is 0.0189. The van der Waals surface area contributed by atoms with Crippen LogP contribution < -0.4 is 16.0 Å². The summed E-state index contributed by atoms with van der Waals surface area (Å²) in [6, 6.07) is 17.1. The average molecular weight is 642 g/mol. The molecule has 244 valence electrons. The second-order valence-electron chi connectivity index (χ2n) is 11.3. The summed E-state index contributed by atoms with van der Waals surface area (Å²) in [5, 5.41) is 18.9. The molecule has 9 nitrogen and oxygen atoms in total. The molecule has 1 aromatic heterocycles. The third kappa shape index (κ3) is 7.48. The smallest absolute Gasteiger partial charge is 0.256 e. The van der Waals surface area contributed by atoms with Gasteiger partial charge < -0.3 is 30.5 Å². The third-order valence-corrected chi connectivity index (χ3v) is 8.21. The first kappa shape index (κ1) is 33.2. The Morgan fingerprint density at radius 2 is 1.74 bits per heavy atom. The van der Waals surface area contributed by atoms with E-state index in [4.69, 9.17) is 0 Å². The maximum atomic E-state index is 15.2. The number of nitrogens with zero attached hydrogens (tertiary/aromatic N) is 2. The van der Waals surface area contributed by atoms with Gasteiger partial charge in [0.05, 0.1) is 11.7 Å². The number of aryl methyl sites for hydroxylation is 1. The van der Waals surface area contributed by atoms with Crippen LogP contribution in [0.4, 0.5) is 20.2 Å². The van der Waals surface area contributed by atoms with Gasteiger partial charge in [0.1, 0.15) is 11.6 Å². The van der Waals surface area contributed by atoms with E-state index in [-0.39, 0.29) is 41.5 Å². The number of aromatic nitrogens is 1. The molecule has 3 aromatic carbocycles. The van der Waals surface area contributed by atoms with Crippen molar-refractivity contribution in [1.82, 2.24) is 14.8 Å². The molecule has 0 spiro atoms. The molecule has 11 heteroatoms. The SMILES string of the molecule is CCN(CC)CC(O)CNC(=O)c1cn(C)c(CC=C2C(=O)Nc3ccc(C(=O)Nc4ccccc4)cc32)c1-c1ccc(F)cc1F. The Kier molecular flexibility index (Phi) is 10.3. The fourth-order valence-electron chi connectivity index (χ4n) is 5.68. The lowest BCUT2D eigenvalue weighted by atomic mass is 9.97. The van der Waals surface area contributed by atoms with Gasteiger partial charge in [0.25, 0.3) is 17.7 Å². The monoisotopic (exact) mass is 641 g/mol. The molecule has 3 amide bonds. The number of para-hydroxylation sites is 1. The van der Waals surface area contributed by atoms with Gasteiger partial charge in [-0.1, -0.05) is 38.1 Å². The van der Waals surface area contributed by atoms with E-state index < -0.39 is 23.6 Å². The first-order chi connectivity index (χ1) is 22.6. The number of halogens is 2. The number of carbonyl (C=O) groups is 3. The van der Waals surface area contributed by atoms with Crippen LogP contribution in [-0.4, -0.2) is 64.6 Å². The quantitative estimate of drug-likeness (QED) is 0.158. The molecule has 47 heavy (non-hydrogen) atoms. The fourth-order valence-corrected chi connectivity index (χ4v) is 5.68. The van der Waals surface area contributed by atoms with Crippen molar-refractivity contribution in [3.05, 3.63) is 113 Å². The number of allylic oxidation sites excluding steroid dienone is 1. The Bertz CT molecular complexity index is 1830. The molecule has 0 aliphatic carbocycles. The van der Waals surface area contributed by atoms with Crippen LogP contribution in [0.25, 0.3) is 16.7 Å². The number of fused-ring (bicyclic) bond motifs is 1. The standard InChI is InChI=1S/C36H37F2N5O4/c1-4-43(5-2)20-25(44)19-39-35(46)29-21-42(3)32(33(29)27-13-12-23(37)18-30(27)38)16-14-26-28-17-22(11-15-31(28)41-36(26)47)34(45)40-24-9-7-6-8-10-24/h6-15,17-18,21,25,44H,4-5,16,19-20H2,1-3H3,(H,39,46)(H,40,45)(H,41,47). The molecule has 0 bridgehead atoms. The molecule has 0 fully saturated rings. The van der Waals surface area contributed by atoms with Gasteiger partial charge in [-0.2, -0.15) is 0 Å². The van der Waals surface area contributed by atoms with Crippen molar-refractivity contribution >= 4 is 34.7 Å². The van der Waals surface area contributed by atoms with Crippen LogP contribution in [0, 0.1) is 11.6 Å². The Morgan fingerprint density at radius 1 is 1.00 bits per heavy atom. The van der Waals surface area contributed by atoms with Gasteiger partial charge in [-0.15, -0.1) is 0 Å². The highest BCUT2D eigenvalue weighted by atomic mass is 19.1. The third-order valence-electron chi connectivity index (χ3n) is 8.21. The van der Waals surface area contributed by atoms with Crippen LogP contribution in [0.5, 0.6) is 0 Å². The molecule has 1 unspecified atom stereocenters. The molecule has 0 saturated carbocycles. The van der Waals surface area contributed by atoms with Gasteiger partial charge in [0.15, 0.2) is 0 Å². The molecule has 5 rings (SSSR count). The fraction of sp³-hybridized carbons (Fsp3) is 0.250. The molecule has 2 heterocycles. The molecule has 4 N–H and O–H groups in total. The summed E-state index contributed by atoms with van der Waals surface area (Å²) >= 11 is 0. The van der Waals surface area contributed by atoms with E-state index in [0.717, 1.165) is 25.2 Å².